The minimum absolute atomic E-state index is 0. The Kier molecular flexibility index (Phi) is 5.07. The fourth-order valence-electron chi connectivity index (χ4n) is 5.27. The lowest BCUT2D eigenvalue weighted by atomic mass is 9.90. The Morgan fingerprint density at radius 2 is 1.97 bits per heavy atom. The molecule has 2 aliphatic heterocycles. The Balaban J connectivity index is 0.00000205. The van der Waals surface area contributed by atoms with E-state index in [1.54, 1.807) is 0 Å². The van der Waals surface area contributed by atoms with Crippen molar-refractivity contribution in [2.24, 2.45) is 11.8 Å². The van der Waals surface area contributed by atoms with E-state index in [0.717, 1.165) is 56.6 Å². The quantitative estimate of drug-likeness (QED) is 0.622. The molecule has 1 aliphatic carbocycles. The van der Waals surface area contributed by atoms with Crippen molar-refractivity contribution in [1.82, 2.24) is 4.40 Å². The van der Waals surface area contributed by atoms with Crippen LogP contribution in [-0.2, 0) is 0 Å². The number of carboxylic acid groups (broad SMARTS) is 1. The van der Waals surface area contributed by atoms with Gasteiger partial charge in [0.15, 0.2) is 5.82 Å². The lowest BCUT2D eigenvalue weighted by Gasteiger charge is -2.24. The van der Waals surface area contributed by atoms with Crippen LogP contribution in [0.3, 0.4) is 0 Å². The summed E-state index contributed by atoms with van der Waals surface area (Å²) in [6.45, 7) is 5.78. The molecule has 6 nitrogen and oxygen atoms in total. The summed E-state index contributed by atoms with van der Waals surface area (Å²) in [5.74, 6) is -0.286. The van der Waals surface area contributed by atoms with Gasteiger partial charge in [0.2, 0.25) is 0 Å². The van der Waals surface area contributed by atoms with Crippen LogP contribution >= 0.6 is 0 Å². The highest BCUT2D eigenvalue weighted by molar-refractivity contribution is 5.89. The highest BCUT2D eigenvalue weighted by atomic mass is 35.5. The number of hydrogen-bond acceptors (Lipinski definition) is 3. The summed E-state index contributed by atoms with van der Waals surface area (Å²) in [5, 5.41) is 11.8. The van der Waals surface area contributed by atoms with Crippen molar-refractivity contribution in [3.63, 3.8) is 0 Å². The average molecular weight is 422 g/mol. The number of quaternary nitrogens is 1. The van der Waals surface area contributed by atoms with E-state index < -0.39 is 17.3 Å². The third-order valence-corrected chi connectivity index (χ3v) is 6.79. The molecule has 1 saturated carbocycles. The molecule has 2 saturated heterocycles. The van der Waals surface area contributed by atoms with Gasteiger partial charge >= 0.3 is 5.97 Å². The number of nitrogens with two attached hydrogens (primary N) is 1. The number of carboxylic acids is 1. The van der Waals surface area contributed by atoms with Crippen LogP contribution < -0.4 is 28.2 Å². The maximum Gasteiger partial charge on any atom is 0.341 e. The third-order valence-electron chi connectivity index (χ3n) is 6.79. The number of anilines is 1. The van der Waals surface area contributed by atoms with Crippen molar-refractivity contribution in [2.45, 2.75) is 32.1 Å². The molecule has 156 valence electrons. The number of halogens is 2. The number of rotatable bonds is 3. The van der Waals surface area contributed by atoms with Crippen molar-refractivity contribution in [2.75, 3.05) is 31.1 Å². The van der Waals surface area contributed by atoms with Gasteiger partial charge in [-0.25, -0.2) is 9.18 Å². The molecule has 2 atom stereocenters. The van der Waals surface area contributed by atoms with Gasteiger partial charge < -0.3 is 27.7 Å². The topological polar surface area (TPSA) is 78.6 Å². The molecule has 29 heavy (non-hydrogen) atoms. The van der Waals surface area contributed by atoms with E-state index in [9.17, 15) is 14.7 Å². The summed E-state index contributed by atoms with van der Waals surface area (Å²) >= 11 is 0. The standard InChI is InChI=1S/C21H24FN3O3.ClH/c1-11-18-15(12-2-3-12)6-16(21(27)28)20(26)25(18)10-17(22)19(11)24-8-13-4-5-23-7-14(13)9-24;/h6,10,12-14,23H,2-5,7-9H2,1H3,(H,27,28);1H/t13-,14-;/m1./s1. The number of fused-ring (bicyclic) bond motifs is 2. The fourth-order valence-corrected chi connectivity index (χ4v) is 5.27. The van der Waals surface area contributed by atoms with Gasteiger partial charge in [-0.2, -0.15) is 0 Å². The Morgan fingerprint density at radius 1 is 1.24 bits per heavy atom. The summed E-state index contributed by atoms with van der Waals surface area (Å²) in [6, 6.07) is 1.52. The average Bonchev–Trinajstić information content (AvgIpc) is 3.41. The van der Waals surface area contributed by atoms with Crippen LogP contribution in [0, 0.1) is 24.6 Å². The second kappa shape index (κ2) is 7.29. The van der Waals surface area contributed by atoms with Gasteiger partial charge in [0.05, 0.1) is 30.5 Å². The van der Waals surface area contributed by atoms with Crippen LogP contribution in [0.5, 0.6) is 0 Å². The molecule has 0 spiro atoms. The van der Waals surface area contributed by atoms with Gasteiger partial charge in [-0.15, -0.1) is 0 Å². The molecule has 4 heterocycles. The van der Waals surface area contributed by atoms with Crippen LogP contribution in [0.15, 0.2) is 17.1 Å². The van der Waals surface area contributed by atoms with E-state index in [2.05, 4.69) is 10.2 Å². The molecule has 0 unspecified atom stereocenters. The molecule has 3 aliphatic rings. The van der Waals surface area contributed by atoms with Crippen LogP contribution in [0.25, 0.3) is 5.52 Å². The van der Waals surface area contributed by atoms with Crippen LogP contribution in [0.1, 0.15) is 46.7 Å². The van der Waals surface area contributed by atoms with Gasteiger partial charge in [-0.1, -0.05) is 0 Å². The van der Waals surface area contributed by atoms with E-state index in [0.29, 0.717) is 23.0 Å². The zero-order valence-corrected chi connectivity index (χ0v) is 17.1. The zero-order chi connectivity index (χ0) is 19.6. The highest BCUT2D eigenvalue weighted by Crippen LogP contribution is 2.44. The first kappa shape index (κ1) is 20.2. The zero-order valence-electron chi connectivity index (χ0n) is 16.3. The van der Waals surface area contributed by atoms with E-state index in [1.807, 2.05) is 6.92 Å². The molecule has 8 heteroatoms. The maximum atomic E-state index is 15.2. The summed E-state index contributed by atoms with van der Waals surface area (Å²) in [4.78, 5) is 26.4. The van der Waals surface area contributed by atoms with Gasteiger partial charge in [0.25, 0.3) is 5.56 Å². The van der Waals surface area contributed by atoms with Crippen molar-refractivity contribution < 1.29 is 32.0 Å². The maximum absolute atomic E-state index is 15.2. The first-order valence-electron chi connectivity index (χ1n) is 10.1. The van der Waals surface area contributed by atoms with E-state index >= 15 is 4.39 Å². The molecule has 0 amide bonds. The van der Waals surface area contributed by atoms with Gasteiger partial charge in [-0.3, -0.25) is 9.20 Å². The van der Waals surface area contributed by atoms with Crippen molar-refractivity contribution in [1.29, 1.82) is 0 Å². The number of piperidine rings is 1. The number of carbonyl (C=O) groups is 1. The molecule has 2 aromatic heterocycles. The monoisotopic (exact) mass is 421 g/mol. The molecule has 2 aromatic rings. The Morgan fingerprint density at radius 3 is 2.62 bits per heavy atom. The predicted molar refractivity (Wildman–Crippen MR) is 103 cm³/mol. The Bertz CT molecular complexity index is 1040. The smallest absolute Gasteiger partial charge is 0.341 e. The minimum atomic E-state index is -1.26. The lowest BCUT2D eigenvalue weighted by Crippen LogP contribution is -3.00. The SMILES string of the molecule is Cc1c(N2C[C@H]3CC[NH2+]C[C@@H]3C2)c(F)cn2c(=O)c(C(=O)O)cc(C3CC3)c12.[Cl-]. The highest BCUT2D eigenvalue weighted by Gasteiger charge is 2.38. The molecular weight excluding hydrogens is 397 g/mol. The van der Waals surface area contributed by atoms with Crippen molar-refractivity contribution in [3.05, 3.63) is 45.1 Å². The molecule has 0 radical (unpaired) electrons. The van der Waals surface area contributed by atoms with Gasteiger partial charge in [-0.05, 0) is 48.8 Å². The second-order valence-electron chi connectivity index (χ2n) is 8.59. The summed E-state index contributed by atoms with van der Waals surface area (Å²) in [6.07, 6.45) is 4.31. The normalized spacial score (nSPS) is 23.7. The number of hydrogen-bond donors (Lipinski definition) is 2. The largest absolute Gasteiger partial charge is 1.00 e. The first-order chi connectivity index (χ1) is 13.5. The Labute approximate surface area is 174 Å². The van der Waals surface area contributed by atoms with Crippen LogP contribution in [0.4, 0.5) is 10.1 Å². The Hall–Kier alpha value is -2.12. The molecular formula is C21H25ClFN3O3. The lowest BCUT2D eigenvalue weighted by molar-refractivity contribution is -0.670. The number of aromatic nitrogens is 1. The second-order valence-corrected chi connectivity index (χ2v) is 8.59. The fraction of sp³-hybridized carbons (Fsp3) is 0.524. The molecule has 0 bridgehead atoms. The van der Waals surface area contributed by atoms with Crippen LogP contribution in [0.2, 0.25) is 0 Å². The summed E-state index contributed by atoms with van der Waals surface area (Å²) in [5.41, 5.74) is 1.94. The number of nitrogens with zero attached hydrogens (tertiary/aromatic N) is 2. The third kappa shape index (κ3) is 3.20. The minimum Gasteiger partial charge on any atom is -1.00 e. The molecule has 3 N–H and O–H groups in total. The van der Waals surface area contributed by atoms with Crippen LogP contribution in [-0.4, -0.2) is 41.7 Å². The van der Waals surface area contributed by atoms with E-state index in [4.69, 9.17) is 0 Å². The van der Waals surface area contributed by atoms with Crippen molar-refractivity contribution in [3.8, 4) is 0 Å². The molecule has 5 rings (SSSR count). The number of aromatic carboxylic acids is 1. The first-order valence-corrected chi connectivity index (χ1v) is 10.1. The van der Waals surface area contributed by atoms with Gasteiger partial charge in [0, 0.05) is 25.4 Å². The number of aryl methyl sites for hydroxylation is 1. The molecule has 3 fully saturated rings. The van der Waals surface area contributed by atoms with Crippen molar-refractivity contribution >= 4 is 17.2 Å². The van der Waals surface area contributed by atoms with Gasteiger partial charge in [0.1, 0.15) is 5.56 Å². The predicted octanol–water partition coefficient (Wildman–Crippen LogP) is -1.65. The summed E-state index contributed by atoms with van der Waals surface area (Å²) < 4.78 is 16.4. The summed E-state index contributed by atoms with van der Waals surface area (Å²) in [7, 11) is 0. The van der Waals surface area contributed by atoms with E-state index in [1.165, 1.54) is 16.7 Å². The molecule has 0 aromatic carbocycles. The van der Waals surface area contributed by atoms with E-state index in [-0.39, 0.29) is 23.9 Å². The number of pyridine rings is 2.